The molecule has 9 heteroatoms. The van der Waals surface area contributed by atoms with Gasteiger partial charge < -0.3 is 5.32 Å². The summed E-state index contributed by atoms with van der Waals surface area (Å²) in [6.45, 7) is 2.57. The summed E-state index contributed by atoms with van der Waals surface area (Å²) >= 11 is 6.01. The van der Waals surface area contributed by atoms with E-state index in [1.165, 1.54) is 28.1 Å². The highest BCUT2D eigenvalue weighted by Crippen LogP contribution is 2.24. The van der Waals surface area contributed by atoms with Crippen LogP contribution >= 0.6 is 11.6 Å². The van der Waals surface area contributed by atoms with E-state index in [-0.39, 0.29) is 21.2 Å². The van der Waals surface area contributed by atoms with Crippen LogP contribution in [0.3, 0.4) is 0 Å². The summed E-state index contributed by atoms with van der Waals surface area (Å²) in [4.78, 5) is 14.4. The van der Waals surface area contributed by atoms with Crippen molar-refractivity contribution in [2.24, 2.45) is 0 Å². The lowest BCUT2D eigenvalue weighted by Gasteiger charge is -2.34. The summed E-state index contributed by atoms with van der Waals surface area (Å²) < 4.78 is 42.1. The molecule has 0 spiro atoms. The molecule has 1 amide bonds. The van der Waals surface area contributed by atoms with Gasteiger partial charge in [-0.3, -0.25) is 9.69 Å². The van der Waals surface area contributed by atoms with Crippen molar-refractivity contribution in [2.75, 3.05) is 31.5 Å². The van der Waals surface area contributed by atoms with Crippen LogP contribution < -0.4 is 5.32 Å². The van der Waals surface area contributed by atoms with Crippen LogP contribution in [-0.2, 0) is 16.6 Å². The predicted octanol–water partition coefficient (Wildman–Crippen LogP) is 4.24. The van der Waals surface area contributed by atoms with Crippen molar-refractivity contribution >= 4 is 33.2 Å². The Morgan fingerprint density at radius 2 is 1.61 bits per heavy atom. The summed E-state index contributed by atoms with van der Waals surface area (Å²) in [7, 11) is -3.85. The molecule has 33 heavy (non-hydrogen) atoms. The summed E-state index contributed by atoms with van der Waals surface area (Å²) in [5.74, 6) is -1.41. The SMILES string of the molecule is O=C(Nc1ccc(S(=O)(=O)N2CCN(Cc3ccccc3)CC2)cc1F)c1ccccc1Cl. The molecule has 0 radical (unpaired) electrons. The van der Waals surface area contributed by atoms with Crippen LogP contribution in [-0.4, -0.2) is 49.7 Å². The molecule has 1 heterocycles. The van der Waals surface area contributed by atoms with Crippen LogP contribution in [0, 0.1) is 5.82 Å². The van der Waals surface area contributed by atoms with Gasteiger partial charge in [-0.15, -0.1) is 0 Å². The Morgan fingerprint density at radius 3 is 2.27 bits per heavy atom. The molecule has 0 unspecified atom stereocenters. The van der Waals surface area contributed by atoms with E-state index in [2.05, 4.69) is 10.2 Å². The lowest BCUT2D eigenvalue weighted by molar-refractivity contribution is 0.102. The highest BCUT2D eigenvalue weighted by atomic mass is 35.5. The maximum absolute atomic E-state index is 14.7. The van der Waals surface area contributed by atoms with Crippen molar-refractivity contribution in [1.29, 1.82) is 0 Å². The van der Waals surface area contributed by atoms with Crippen LogP contribution in [0.25, 0.3) is 0 Å². The molecule has 1 fully saturated rings. The van der Waals surface area contributed by atoms with E-state index in [0.29, 0.717) is 26.2 Å². The van der Waals surface area contributed by atoms with E-state index in [4.69, 9.17) is 11.6 Å². The van der Waals surface area contributed by atoms with Gasteiger partial charge in [0, 0.05) is 32.7 Å². The van der Waals surface area contributed by atoms with Crippen molar-refractivity contribution in [3.63, 3.8) is 0 Å². The monoisotopic (exact) mass is 487 g/mol. The first-order valence-electron chi connectivity index (χ1n) is 10.5. The molecule has 1 aliphatic heterocycles. The molecular weight excluding hydrogens is 465 g/mol. The Morgan fingerprint density at radius 1 is 0.939 bits per heavy atom. The van der Waals surface area contributed by atoms with E-state index in [9.17, 15) is 17.6 Å². The van der Waals surface area contributed by atoms with E-state index < -0.39 is 21.7 Å². The Balaban J connectivity index is 1.42. The highest BCUT2D eigenvalue weighted by Gasteiger charge is 2.29. The van der Waals surface area contributed by atoms with Gasteiger partial charge in [-0.2, -0.15) is 4.31 Å². The average molecular weight is 488 g/mol. The normalized spacial score (nSPS) is 15.3. The number of carbonyl (C=O) groups is 1. The standard InChI is InChI=1S/C24H23ClFN3O3S/c25-21-9-5-4-8-20(21)24(30)27-23-11-10-19(16-22(23)26)33(31,32)29-14-12-28(13-15-29)17-18-6-2-1-3-7-18/h1-11,16H,12-15,17H2,(H,27,30). The van der Waals surface area contributed by atoms with Crippen LogP contribution in [0.2, 0.25) is 5.02 Å². The minimum atomic E-state index is -3.85. The van der Waals surface area contributed by atoms with E-state index >= 15 is 0 Å². The highest BCUT2D eigenvalue weighted by molar-refractivity contribution is 7.89. The van der Waals surface area contributed by atoms with Gasteiger partial charge in [0.15, 0.2) is 0 Å². The smallest absolute Gasteiger partial charge is 0.257 e. The molecule has 1 N–H and O–H groups in total. The number of anilines is 1. The molecule has 0 atom stereocenters. The second-order valence-electron chi connectivity index (χ2n) is 7.74. The topological polar surface area (TPSA) is 69.7 Å². The van der Waals surface area contributed by atoms with E-state index in [0.717, 1.165) is 12.6 Å². The molecule has 0 aliphatic carbocycles. The Bertz CT molecular complexity index is 1250. The molecule has 172 valence electrons. The van der Waals surface area contributed by atoms with Crippen LogP contribution in [0.4, 0.5) is 10.1 Å². The third-order valence-corrected chi connectivity index (χ3v) is 7.75. The number of rotatable bonds is 6. The zero-order valence-corrected chi connectivity index (χ0v) is 19.3. The van der Waals surface area contributed by atoms with Gasteiger partial charge in [0.25, 0.3) is 5.91 Å². The lowest BCUT2D eigenvalue weighted by atomic mass is 10.2. The largest absolute Gasteiger partial charge is 0.319 e. The molecule has 1 aliphatic rings. The minimum absolute atomic E-state index is 0.119. The van der Waals surface area contributed by atoms with Crippen molar-refractivity contribution in [2.45, 2.75) is 11.4 Å². The second-order valence-corrected chi connectivity index (χ2v) is 10.1. The molecule has 3 aromatic rings. The van der Waals surface area contributed by atoms with Gasteiger partial charge in [0.05, 0.1) is 21.2 Å². The number of hydrogen-bond acceptors (Lipinski definition) is 4. The summed E-state index contributed by atoms with van der Waals surface area (Å²) in [5, 5.41) is 2.68. The Labute approximate surface area is 197 Å². The molecule has 3 aromatic carbocycles. The molecule has 0 saturated carbocycles. The molecule has 0 bridgehead atoms. The zero-order chi connectivity index (χ0) is 23.4. The van der Waals surface area contributed by atoms with Crippen LogP contribution in [0.1, 0.15) is 15.9 Å². The number of piperazine rings is 1. The van der Waals surface area contributed by atoms with E-state index in [1.54, 1.807) is 18.2 Å². The molecule has 4 rings (SSSR count). The average Bonchev–Trinajstić information content (AvgIpc) is 2.81. The second kappa shape index (κ2) is 10.0. The first kappa shape index (κ1) is 23.4. The molecule has 6 nitrogen and oxygen atoms in total. The third-order valence-electron chi connectivity index (χ3n) is 5.53. The maximum atomic E-state index is 14.7. The quantitative estimate of drug-likeness (QED) is 0.564. The van der Waals surface area contributed by atoms with Gasteiger partial charge in [-0.1, -0.05) is 54.1 Å². The number of hydrogen-bond donors (Lipinski definition) is 1. The van der Waals surface area contributed by atoms with Gasteiger partial charge in [0.2, 0.25) is 10.0 Å². The fraction of sp³-hybridized carbons (Fsp3) is 0.208. The Kier molecular flexibility index (Phi) is 7.09. The number of carbonyl (C=O) groups excluding carboxylic acids is 1. The number of nitrogens with zero attached hydrogens (tertiary/aromatic N) is 2. The molecule has 1 saturated heterocycles. The number of benzene rings is 3. The summed E-state index contributed by atoms with van der Waals surface area (Å²) in [6, 6.07) is 19.9. The summed E-state index contributed by atoms with van der Waals surface area (Å²) in [5.41, 5.74) is 1.25. The number of nitrogens with one attached hydrogen (secondary N) is 1. The van der Waals surface area contributed by atoms with Crippen molar-refractivity contribution in [1.82, 2.24) is 9.21 Å². The number of sulfonamides is 1. The predicted molar refractivity (Wildman–Crippen MR) is 126 cm³/mol. The van der Waals surface area contributed by atoms with Crippen molar-refractivity contribution in [3.05, 3.63) is 94.8 Å². The van der Waals surface area contributed by atoms with Crippen LogP contribution in [0.5, 0.6) is 0 Å². The van der Waals surface area contributed by atoms with Crippen molar-refractivity contribution < 1.29 is 17.6 Å². The van der Waals surface area contributed by atoms with Gasteiger partial charge in [-0.25, -0.2) is 12.8 Å². The maximum Gasteiger partial charge on any atom is 0.257 e. The van der Waals surface area contributed by atoms with Gasteiger partial charge in [0.1, 0.15) is 5.82 Å². The Hall–Kier alpha value is -2.78. The number of halogens is 2. The molecular formula is C24H23ClFN3O3S. The van der Waals surface area contributed by atoms with Gasteiger partial charge in [-0.05, 0) is 35.9 Å². The minimum Gasteiger partial charge on any atom is -0.319 e. The van der Waals surface area contributed by atoms with Crippen LogP contribution in [0.15, 0.2) is 77.7 Å². The first-order valence-corrected chi connectivity index (χ1v) is 12.3. The van der Waals surface area contributed by atoms with Crippen molar-refractivity contribution in [3.8, 4) is 0 Å². The third kappa shape index (κ3) is 5.42. The zero-order valence-electron chi connectivity index (χ0n) is 17.7. The fourth-order valence-electron chi connectivity index (χ4n) is 3.71. The van der Waals surface area contributed by atoms with E-state index in [1.807, 2.05) is 30.3 Å². The first-order chi connectivity index (χ1) is 15.8. The molecule has 0 aromatic heterocycles. The fourth-order valence-corrected chi connectivity index (χ4v) is 5.37. The lowest BCUT2D eigenvalue weighted by Crippen LogP contribution is -2.48. The van der Waals surface area contributed by atoms with Gasteiger partial charge >= 0.3 is 0 Å². The number of amides is 1. The summed E-state index contributed by atoms with van der Waals surface area (Å²) in [6.07, 6.45) is 0.